The monoisotopic (exact) mass is 415 g/mol. The molecule has 0 aliphatic carbocycles. The van der Waals surface area contributed by atoms with Crippen molar-refractivity contribution in [2.45, 2.75) is 51.9 Å². The molecule has 1 aromatic carbocycles. The molecule has 0 aromatic heterocycles. The maximum absolute atomic E-state index is 12.9. The summed E-state index contributed by atoms with van der Waals surface area (Å²) in [5, 5.41) is 0. The molecule has 30 heavy (non-hydrogen) atoms. The maximum atomic E-state index is 12.9. The highest BCUT2D eigenvalue weighted by Gasteiger charge is 2.24. The van der Waals surface area contributed by atoms with Crippen LogP contribution < -0.4 is 4.74 Å². The topological polar surface area (TPSA) is 36.0 Å². The third kappa shape index (κ3) is 7.28. The summed E-state index contributed by atoms with van der Waals surface area (Å²) in [6.45, 7) is 10.0. The quantitative estimate of drug-likeness (QED) is 0.617. The molecule has 2 saturated heterocycles. The summed E-state index contributed by atoms with van der Waals surface area (Å²) in [6, 6.07) is 8.40. The lowest BCUT2D eigenvalue weighted by Crippen LogP contribution is -2.46. The third-order valence-corrected chi connectivity index (χ3v) is 6.72. The van der Waals surface area contributed by atoms with Gasteiger partial charge in [-0.2, -0.15) is 0 Å². The number of hydrogen-bond acceptors (Lipinski definition) is 4. The molecule has 2 fully saturated rings. The minimum absolute atomic E-state index is 0.327. The fourth-order valence-electron chi connectivity index (χ4n) is 4.92. The van der Waals surface area contributed by atoms with Gasteiger partial charge in [-0.1, -0.05) is 25.0 Å². The Hall–Kier alpha value is -1.59. The molecule has 0 radical (unpaired) electrons. The van der Waals surface area contributed by atoms with Crippen molar-refractivity contribution < 1.29 is 9.53 Å². The number of rotatable bonds is 9. The summed E-state index contributed by atoms with van der Waals surface area (Å²) in [6.07, 6.45) is 8.64. The van der Waals surface area contributed by atoms with Gasteiger partial charge < -0.3 is 14.5 Å². The Morgan fingerprint density at radius 1 is 1.10 bits per heavy atom. The third-order valence-electron chi connectivity index (χ3n) is 6.72. The number of benzene rings is 1. The van der Waals surface area contributed by atoms with Crippen molar-refractivity contribution in [1.82, 2.24) is 14.7 Å². The van der Waals surface area contributed by atoms with E-state index in [1.54, 1.807) is 7.11 Å². The first-order valence-electron chi connectivity index (χ1n) is 12.0. The number of ether oxygens (including phenoxy) is 1. The van der Waals surface area contributed by atoms with Crippen LogP contribution in [-0.2, 0) is 11.2 Å². The van der Waals surface area contributed by atoms with Crippen LogP contribution in [0.4, 0.5) is 0 Å². The highest BCUT2D eigenvalue weighted by Crippen LogP contribution is 2.20. The zero-order valence-electron chi connectivity index (χ0n) is 19.2. The number of piperidine rings is 1. The van der Waals surface area contributed by atoms with Crippen molar-refractivity contribution in [2.24, 2.45) is 5.92 Å². The number of amides is 1. The van der Waals surface area contributed by atoms with E-state index in [9.17, 15) is 4.79 Å². The van der Waals surface area contributed by atoms with E-state index >= 15 is 0 Å². The van der Waals surface area contributed by atoms with Crippen LogP contribution in [0.1, 0.15) is 51.0 Å². The predicted octanol–water partition coefficient (Wildman–Crippen LogP) is 3.67. The number of carbonyl (C=O) groups is 1. The van der Waals surface area contributed by atoms with Gasteiger partial charge in [-0.15, -0.1) is 0 Å². The first-order valence-corrected chi connectivity index (χ1v) is 12.0. The van der Waals surface area contributed by atoms with E-state index in [2.05, 4.69) is 39.8 Å². The van der Waals surface area contributed by atoms with E-state index in [-0.39, 0.29) is 0 Å². The molecule has 1 unspecified atom stereocenters. The second kappa shape index (κ2) is 12.3. The minimum atomic E-state index is 0.327. The average molecular weight is 416 g/mol. The molecular formula is C25H41N3O2. The van der Waals surface area contributed by atoms with Crippen molar-refractivity contribution in [2.75, 3.05) is 59.5 Å². The number of nitrogens with zero attached hydrogens (tertiary/aromatic N) is 3. The van der Waals surface area contributed by atoms with Crippen LogP contribution in [0.25, 0.3) is 0 Å². The largest absolute Gasteiger partial charge is 0.497 e. The number of carbonyl (C=O) groups excluding carboxylic acids is 1. The molecule has 0 spiro atoms. The van der Waals surface area contributed by atoms with Gasteiger partial charge in [0.2, 0.25) is 5.91 Å². The number of methoxy groups -OCH3 is 1. The van der Waals surface area contributed by atoms with Crippen LogP contribution in [-0.4, -0.2) is 80.1 Å². The van der Waals surface area contributed by atoms with Crippen LogP contribution in [0.5, 0.6) is 5.75 Å². The standard InChI is InChI=1S/C25H41N3O2/c1-3-28(25(29)21-26-14-6-4-5-7-15-26)20-23-11-9-16-27(19-23)17-13-22-10-8-12-24(18-22)30-2/h8,10,12,18,23H,3-7,9,11,13-17,19-21H2,1-2H3. The van der Waals surface area contributed by atoms with E-state index in [1.165, 1.54) is 50.6 Å². The fourth-order valence-corrected chi connectivity index (χ4v) is 4.92. The molecule has 1 aromatic rings. The van der Waals surface area contributed by atoms with E-state index in [0.29, 0.717) is 18.4 Å². The molecule has 0 N–H and O–H groups in total. The molecule has 5 nitrogen and oxygen atoms in total. The Morgan fingerprint density at radius 3 is 2.60 bits per heavy atom. The fraction of sp³-hybridized carbons (Fsp3) is 0.720. The SMILES string of the molecule is CCN(CC1CCCN(CCc2cccc(OC)c2)C1)C(=O)CN1CCCCCC1. The Bertz CT molecular complexity index is 643. The molecule has 0 bridgehead atoms. The lowest BCUT2D eigenvalue weighted by molar-refractivity contribution is -0.133. The van der Waals surface area contributed by atoms with Gasteiger partial charge in [-0.3, -0.25) is 9.69 Å². The summed E-state index contributed by atoms with van der Waals surface area (Å²) in [5.74, 6) is 1.86. The van der Waals surface area contributed by atoms with Crippen molar-refractivity contribution >= 4 is 5.91 Å². The second-order valence-electron chi connectivity index (χ2n) is 9.03. The Balaban J connectivity index is 1.45. The molecule has 2 aliphatic heterocycles. The molecule has 1 amide bonds. The van der Waals surface area contributed by atoms with Gasteiger partial charge in [0.25, 0.3) is 0 Å². The summed E-state index contributed by atoms with van der Waals surface area (Å²) < 4.78 is 5.35. The highest BCUT2D eigenvalue weighted by molar-refractivity contribution is 5.78. The summed E-state index contributed by atoms with van der Waals surface area (Å²) in [4.78, 5) is 20.0. The van der Waals surface area contributed by atoms with Crippen LogP contribution in [0.2, 0.25) is 0 Å². The van der Waals surface area contributed by atoms with Gasteiger partial charge in [0, 0.05) is 26.2 Å². The maximum Gasteiger partial charge on any atom is 0.236 e. The number of likely N-dealkylation sites (N-methyl/N-ethyl adjacent to an activating group) is 1. The number of likely N-dealkylation sites (tertiary alicyclic amines) is 2. The van der Waals surface area contributed by atoms with Crippen molar-refractivity contribution in [1.29, 1.82) is 0 Å². The van der Waals surface area contributed by atoms with Gasteiger partial charge in [0.05, 0.1) is 13.7 Å². The predicted molar refractivity (Wildman–Crippen MR) is 123 cm³/mol. The molecule has 2 aliphatic rings. The molecular weight excluding hydrogens is 374 g/mol. The summed E-state index contributed by atoms with van der Waals surface area (Å²) in [7, 11) is 1.72. The van der Waals surface area contributed by atoms with Gasteiger partial charge in [-0.05, 0) is 82.3 Å². The lowest BCUT2D eigenvalue weighted by atomic mass is 9.96. The molecule has 1 atom stereocenters. The van der Waals surface area contributed by atoms with Crippen LogP contribution >= 0.6 is 0 Å². The molecule has 0 saturated carbocycles. The molecule has 5 heteroatoms. The average Bonchev–Trinajstić information content (AvgIpc) is 3.05. The summed E-state index contributed by atoms with van der Waals surface area (Å²) >= 11 is 0. The summed E-state index contributed by atoms with van der Waals surface area (Å²) in [5.41, 5.74) is 1.33. The Kier molecular flexibility index (Phi) is 9.47. The molecule has 2 heterocycles. The van der Waals surface area contributed by atoms with E-state index in [0.717, 1.165) is 51.4 Å². The van der Waals surface area contributed by atoms with Crippen LogP contribution in [0.15, 0.2) is 24.3 Å². The minimum Gasteiger partial charge on any atom is -0.497 e. The van der Waals surface area contributed by atoms with Gasteiger partial charge in [0.15, 0.2) is 0 Å². The highest BCUT2D eigenvalue weighted by atomic mass is 16.5. The normalized spacial score (nSPS) is 21.2. The second-order valence-corrected chi connectivity index (χ2v) is 9.03. The van der Waals surface area contributed by atoms with E-state index in [1.807, 2.05) is 6.07 Å². The molecule has 3 rings (SSSR count). The Morgan fingerprint density at radius 2 is 1.87 bits per heavy atom. The zero-order valence-corrected chi connectivity index (χ0v) is 19.2. The smallest absolute Gasteiger partial charge is 0.236 e. The first kappa shape index (κ1) is 23.1. The Labute approximate surface area is 183 Å². The van der Waals surface area contributed by atoms with E-state index in [4.69, 9.17) is 4.74 Å². The number of hydrogen-bond donors (Lipinski definition) is 0. The molecule has 168 valence electrons. The van der Waals surface area contributed by atoms with Crippen LogP contribution in [0, 0.1) is 5.92 Å². The lowest BCUT2D eigenvalue weighted by Gasteiger charge is -2.36. The zero-order chi connectivity index (χ0) is 21.2. The van der Waals surface area contributed by atoms with Gasteiger partial charge in [-0.25, -0.2) is 0 Å². The van der Waals surface area contributed by atoms with Crippen LogP contribution in [0.3, 0.4) is 0 Å². The van der Waals surface area contributed by atoms with Gasteiger partial charge in [0.1, 0.15) is 5.75 Å². The first-order chi connectivity index (χ1) is 14.7. The van der Waals surface area contributed by atoms with Crippen molar-refractivity contribution in [3.8, 4) is 5.75 Å². The van der Waals surface area contributed by atoms with Crippen molar-refractivity contribution in [3.63, 3.8) is 0 Å². The van der Waals surface area contributed by atoms with Crippen molar-refractivity contribution in [3.05, 3.63) is 29.8 Å². The van der Waals surface area contributed by atoms with Gasteiger partial charge >= 0.3 is 0 Å². The van der Waals surface area contributed by atoms with E-state index < -0.39 is 0 Å².